The molecule has 0 aromatic heterocycles. The summed E-state index contributed by atoms with van der Waals surface area (Å²) in [5.41, 5.74) is 2.05. The van der Waals surface area contributed by atoms with Crippen molar-refractivity contribution in [3.63, 3.8) is 0 Å². The quantitative estimate of drug-likeness (QED) is 0.296. The molecule has 5 aliphatic rings. The predicted molar refractivity (Wildman–Crippen MR) is 142 cm³/mol. The number of fused-ring (bicyclic) bond motifs is 2. The molecule has 0 bridgehead atoms. The molecule has 0 aromatic carbocycles. The van der Waals surface area contributed by atoms with Gasteiger partial charge >= 0.3 is 10.4 Å². The Morgan fingerprint density at radius 2 is 1.58 bits per heavy atom. The Bertz CT molecular complexity index is 1070. The van der Waals surface area contributed by atoms with E-state index in [1.165, 1.54) is 38.5 Å². The van der Waals surface area contributed by atoms with Gasteiger partial charge in [-0.15, -0.1) is 0 Å². The van der Waals surface area contributed by atoms with Crippen molar-refractivity contribution in [2.75, 3.05) is 0 Å². The molecule has 0 aromatic rings. The van der Waals surface area contributed by atoms with E-state index < -0.39 is 16.5 Å². The molecule has 0 aliphatic heterocycles. The lowest BCUT2D eigenvalue weighted by molar-refractivity contribution is -0.158. The monoisotopic (exact) mass is 520 g/mol. The van der Waals surface area contributed by atoms with Gasteiger partial charge in [0.15, 0.2) is 5.78 Å². The average Bonchev–Trinajstić information content (AvgIpc) is 3.31. The van der Waals surface area contributed by atoms with E-state index in [0.29, 0.717) is 52.8 Å². The lowest BCUT2D eigenvalue weighted by Crippen LogP contribution is -2.58. The first-order valence-electron chi connectivity index (χ1n) is 14.4. The maximum Gasteiger partial charge on any atom is 0.397 e. The van der Waals surface area contributed by atoms with E-state index in [1.54, 1.807) is 0 Å². The molecule has 204 valence electrons. The summed E-state index contributed by atoms with van der Waals surface area (Å²) >= 11 is 0. The summed E-state index contributed by atoms with van der Waals surface area (Å²) in [6.07, 6.45) is 12.4. The van der Waals surface area contributed by atoms with Crippen LogP contribution in [0.1, 0.15) is 113 Å². The standard InChI is InChI=1S/C30H48O5S/c1-19(2)16-21(31)17-20(3)22-10-12-28(7)24-9-8-23-26(4,5)25(35-36(32,33)34)11-13-29(23)18-30(24,29)15-14-27(22,28)6/h16,20,22-25H,8-15,17-18H2,1-7H3,(H,32,33,34)/t20-,22-,23+,24+,25+,27-,28+,29-,30+/m1/s1. The highest BCUT2D eigenvalue weighted by Gasteiger charge is 2.82. The molecular formula is C30H48O5S. The van der Waals surface area contributed by atoms with E-state index in [9.17, 15) is 17.8 Å². The highest BCUT2D eigenvalue weighted by atomic mass is 32.3. The Kier molecular flexibility index (Phi) is 6.08. The first-order valence-corrected chi connectivity index (χ1v) is 15.7. The van der Waals surface area contributed by atoms with E-state index in [2.05, 4.69) is 34.6 Å². The molecule has 2 spiro atoms. The van der Waals surface area contributed by atoms with Gasteiger partial charge in [-0.05, 0) is 128 Å². The van der Waals surface area contributed by atoms with Gasteiger partial charge in [-0.25, -0.2) is 4.18 Å². The number of hydrogen-bond donors (Lipinski definition) is 1. The van der Waals surface area contributed by atoms with Crippen molar-refractivity contribution < 1.29 is 21.9 Å². The van der Waals surface area contributed by atoms with Gasteiger partial charge in [-0.3, -0.25) is 9.35 Å². The van der Waals surface area contributed by atoms with Crippen molar-refractivity contribution >= 4 is 16.2 Å². The zero-order valence-corrected chi connectivity index (χ0v) is 24.3. The highest BCUT2D eigenvalue weighted by Crippen LogP contribution is 2.89. The SMILES string of the molecule is CC(C)=CC(=O)C[C@@H](C)[C@H]1CC[C@@]2(C)[C@@H]3CC[C@H]4C(C)(C)[C@@H](OS(=O)(=O)O)CC[C@@]45C[C@@]35CC[C@]12C. The van der Waals surface area contributed by atoms with Crippen LogP contribution >= 0.6 is 0 Å². The molecule has 0 unspecified atom stereocenters. The minimum Gasteiger partial charge on any atom is -0.295 e. The van der Waals surface area contributed by atoms with E-state index in [1.807, 2.05) is 19.9 Å². The van der Waals surface area contributed by atoms with Gasteiger partial charge < -0.3 is 0 Å². The summed E-state index contributed by atoms with van der Waals surface area (Å²) in [5, 5.41) is 0. The number of carbonyl (C=O) groups is 1. The van der Waals surface area contributed by atoms with Gasteiger partial charge in [0.1, 0.15) is 0 Å². The van der Waals surface area contributed by atoms with Crippen molar-refractivity contribution in [1.82, 2.24) is 0 Å². The number of hydrogen-bond acceptors (Lipinski definition) is 4. The third-order valence-electron chi connectivity index (χ3n) is 13.0. The molecule has 36 heavy (non-hydrogen) atoms. The molecule has 0 amide bonds. The Morgan fingerprint density at radius 3 is 2.22 bits per heavy atom. The first-order chi connectivity index (χ1) is 16.5. The highest BCUT2D eigenvalue weighted by molar-refractivity contribution is 7.80. The second kappa shape index (κ2) is 8.14. The van der Waals surface area contributed by atoms with E-state index in [-0.39, 0.29) is 16.6 Å². The first kappa shape index (κ1) is 26.9. The van der Waals surface area contributed by atoms with Gasteiger partial charge in [0.05, 0.1) is 6.10 Å². The molecule has 5 nitrogen and oxygen atoms in total. The van der Waals surface area contributed by atoms with Crippen LogP contribution in [0.25, 0.3) is 0 Å². The maximum absolute atomic E-state index is 12.6. The molecule has 6 heteroatoms. The normalized spacial score (nSPS) is 47.6. The molecule has 5 rings (SSSR count). The third kappa shape index (κ3) is 3.59. The summed E-state index contributed by atoms with van der Waals surface area (Å²) in [5.74, 6) is 2.43. The number of carbonyl (C=O) groups excluding carboxylic acids is 1. The van der Waals surface area contributed by atoms with Crippen molar-refractivity contribution in [2.45, 2.75) is 119 Å². The fourth-order valence-corrected chi connectivity index (χ4v) is 12.1. The Morgan fingerprint density at radius 1 is 0.944 bits per heavy atom. The van der Waals surface area contributed by atoms with Crippen LogP contribution < -0.4 is 0 Å². The van der Waals surface area contributed by atoms with E-state index in [4.69, 9.17) is 4.18 Å². The summed E-state index contributed by atoms with van der Waals surface area (Å²) in [6.45, 7) is 15.8. The molecule has 5 fully saturated rings. The van der Waals surface area contributed by atoms with Gasteiger partial charge in [-0.2, -0.15) is 8.42 Å². The summed E-state index contributed by atoms with van der Waals surface area (Å²) in [4.78, 5) is 12.6. The smallest absolute Gasteiger partial charge is 0.295 e. The minimum atomic E-state index is -4.45. The molecule has 1 N–H and O–H groups in total. The topological polar surface area (TPSA) is 80.7 Å². The van der Waals surface area contributed by atoms with Crippen LogP contribution in [-0.2, 0) is 19.4 Å². The van der Waals surface area contributed by atoms with Crippen LogP contribution in [0.2, 0.25) is 0 Å². The van der Waals surface area contributed by atoms with Crippen molar-refractivity contribution in [2.24, 2.45) is 50.7 Å². The average molecular weight is 521 g/mol. The lowest BCUT2D eigenvalue weighted by Gasteiger charge is -2.63. The number of allylic oxidation sites excluding steroid dienone is 2. The van der Waals surface area contributed by atoms with Gasteiger partial charge in [0.2, 0.25) is 0 Å². The van der Waals surface area contributed by atoms with Crippen molar-refractivity contribution in [3.8, 4) is 0 Å². The van der Waals surface area contributed by atoms with Gasteiger partial charge in [0, 0.05) is 6.42 Å². The molecule has 9 atom stereocenters. The van der Waals surface area contributed by atoms with Crippen LogP contribution in [0.5, 0.6) is 0 Å². The Hall–Kier alpha value is -0.720. The lowest BCUT2D eigenvalue weighted by atomic mass is 9.41. The van der Waals surface area contributed by atoms with Crippen LogP contribution in [0, 0.1) is 50.7 Å². The summed E-state index contributed by atoms with van der Waals surface area (Å²) in [6, 6.07) is 0. The van der Waals surface area contributed by atoms with Crippen LogP contribution in [-0.4, -0.2) is 24.9 Å². The summed E-state index contributed by atoms with van der Waals surface area (Å²) < 4.78 is 37.8. The second-order valence-corrected chi connectivity index (χ2v) is 15.9. The molecule has 0 radical (unpaired) electrons. The zero-order chi connectivity index (χ0) is 26.5. The molecule has 0 heterocycles. The van der Waals surface area contributed by atoms with Crippen molar-refractivity contribution in [1.29, 1.82) is 0 Å². The molecule has 5 saturated carbocycles. The maximum atomic E-state index is 12.6. The zero-order valence-electron chi connectivity index (χ0n) is 23.5. The Balaban J connectivity index is 1.39. The molecule has 0 saturated heterocycles. The van der Waals surface area contributed by atoms with Crippen LogP contribution in [0.4, 0.5) is 0 Å². The largest absolute Gasteiger partial charge is 0.397 e. The predicted octanol–water partition coefficient (Wildman–Crippen LogP) is 7.18. The van der Waals surface area contributed by atoms with Gasteiger partial charge in [0.25, 0.3) is 0 Å². The third-order valence-corrected chi connectivity index (χ3v) is 13.5. The van der Waals surface area contributed by atoms with Crippen LogP contribution in [0.3, 0.4) is 0 Å². The number of ketones is 1. The van der Waals surface area contributed by atoms with E-state index >= 15 is 0 Å². The molecular weight excluding hydrogens is 472 g/mol. The van der Waals surface area contributed by atoms with E-state index in [0.717, 1.165) is 18.4 Å². The van der Waals surface area contributed by atoms with Crippen molar-refractivity contribution in [3.05, 3.63) is 11.6 Å². The van der Waals surface area contributed by atoms with Crippen LogP contribution in [0.15, 0.2) is 11.6 Å². The molecule has 5 aliphatic carbocycles. The second-order valence-electron chi connectivity index (χ2n) is 14.9. The Labute approximate surface area is 219 Å². The van der Waals surface area contributed by atoms with Gasteiger partial charge in [-0.1, -0.05) is 40.2 Å². The number of rotatable bonds is 6. The fraction of sp³-hybridized carbons (Fsp3) is 0.900. The fourth-order valence-electron chi connectivity index (χ4n) is 11.4. The summed E-state index contributed by atoms with van der Waals surface area (Å²) in [7, 11) is -4.45. The minimum absolute atomic E-state index is 0.269.